The molecule has 4 rings (SSSR count). The minimum absolute atomic E-state index is 0.203. The number of aromatic nitrogens is 5. The summed E-state index contributed by atoms with van der Waals surface area (Å²) >= 11 is 4.46. The molecule has 0 amide bonds. The molecule has 7 heteroatoms. The second kappa shape index (κ2) is 6.18. The van der Waals surface area contributed by atoms with E-state index in [0.717, 1.165) is 22.4 Å². The van der Waals surface area contributed by atoms with E-state index in [4.69, 9.17) is 5.73 Å². The van der Waals surface area contributed by atoms with Gasteiger partial charge in [-0.15, -0.1) is 10.2 Å². The van der Waals surface area contributed by atoms with Crippen LogP contribution in [0, 0.1) is 0 Å². The van der Waals surface area contributed by atoms with Gasteiger partial charge < -0.3 is 5.73 Å². The van der Waals surface area contributed by atoms with E-state index >= 15 is 0 Å². The van der Waals surface area contributed by atoms with Gasteiger partial charge in [-0.2, -0.15) is 22.2 Å². The van der Waals surface area contributed by atoms with Gasteiger partial charge in [-0.3, -0.25) is 0 Å². The molecule has 0 radical (unpaired) electrons. The molecule has 4 aromatic rings. The Balaban J connectivity index is 1.77. The first-order valence-corrected chi connectivity index (χ1v) is 8.35. The minimum Gasteiger partial charge on any atom is -0.383 e. The first kappa shape index (κ1) is 15.6. The van der Waals surface area contributed by atoms with E-state index in [9.17, 15) is 0 Å². The Morgan fingerprint density at radius 1 is 1.08 bits per heavy atom. The fourth-order valence-corrected chi connectivity index (χ4v) is 2.84. The minimum atomic E-state index is 0.203. The third kappa shape index (κ3) is 2.94. The third-order valence-electron chi connectivity index (χ3n) is 4.08. The second-order valence-corrected chi connectivity index (χ2v) is 6.58. The molecule has 0 aliphatic heterocycles. The number of anilines is 1. The Morgan fingerprint density at radius 3 is 2.64 bits per heavy atom. The largest absolute Gasteiger partial charge is 0.383 e. The van der Waals surface area contributed by atoms with Gasteiger partial charge in [0.1, 0.15) is 12.1 Å². The predicted molar refractivity (Wildman–Crippen MR) is 101 cm³/mol. The topological polar surface area (TPSA) is 82.0 Å². The quantitative estimate of drug-likeness (QED) is 0.554. The third-order valence-corrected chi connectivity index (χ3v) is 4.38. The summed E-state index contributed by atoms with van der Waals surface area (Å²) < 4.78 is 1.62. The molecule has 0 aliphatic rings. The normalized spacial score (nSPS) is 12.4. The molecule has 3 aromatic heterocycles. The van der Waals surface area contributed by atoms with Crippen molar-refractivity contribution in [3.63, 3.8) is 0 Å². The molecule has 0 aliphatic carbocycles. The van der Waals surface area contributed by atoms with Gasteiger partial charge in [0.2, 0.25) is 0 Å². The van der Waals surface area contributed by atoms with E-state index in [1.807, 2.05) is 25.1 Å². The number of rotatable bonds is 3. The molecule has 1 aromatic carbocycles. The number of hydrogen-bond acceptors (Lipinski definition) is 6. The molecular formula is C18H16N6S. The van der Waals surface area contributed by atoms with E-state index in [0.29, 0.717) is 11.5 Å². The summed E-state index contributed by atoms with van der Waals surface area (Å²) in [6.45, 7) is 2.05. The van der Waals surface area contributed by atoms with Crippen molar-refractivity contribution in [1.29, 1.82) is 0 Å². The van der Waals surface area contributed by atoms with Gasteiger partial charge in [-0.25, -0.2) is 4.98 Å². The van der Waals surface area contributed by atoms with Crippen molar-refractivity contribution in [2.45, 2.75) is 12.2 Å². The average molecular weight is 348 g/mol. The summed E-state index contributed by atoms with van der Waals surface area (Å²) in [7, 11) is 0. The standard InChI is InChI=1S/C18H16N6S/c1-11(25)12-2-4-13(5-3-12)14-8-15(18(19)20-9-14)16-6-7-17-22-21-10-24(17)23-16/h2-11,25H,1H3,(H2,19,20). The molecule has 1 unspecified atom stereocenters. The highest BCUT2D eigenvalue weighted by molar-refractivity contribution is 7.80. The second-order valence-electron chi connectivity index (χ2n) is 5.81. The molecule has 124 valence electrons. The van der Waals surface area contributed by atoms with Crippen molar-refractivity contribution >= 4 is 24.1 Å². The Hall–Kier alpha value is -2.93. The number of pyridine rings is 1. The number of benzene rings is 1. The fraction of sp³-hybridized carbons (Fsp3) is 0.111. The number of nitrogens with zero attached hydrogens (tertiary/aromatic N) is 5. The molecular weight excluding hydrogens is 332 g/mol. The zero-order chi connectivity index (χ0) is 17.4. The Morgan fingerprint density at radius 2 is 1.88 bits per heavy atom. The summed E-state index contributed by atoms with van der Waals surface area (Å²) in [5, 5.41) is 12.5. The van der Waals surface area contributed by atoms with Crippen molar-refractivity contribution in [1.82, 2.24) is 24.8 Å². The molecule has 0 bridgehead atoms. The van der Waals surface area contributed by atoms with Gasteiger partial charge in [0.15, 0.2) is 5.65 Å². The number of nitrogen functional groups attached to an aromatic ring is 1. The summed E-state index contributed by atoms with van der Waals surface area (Å²) in [4.78, 5) is 4.34. The van der Waals surface area contributed by atoms with Gasteiger partial charge in [-0.1, -0.05) is 24.3 Å². The van der Waals surface area contributed by atoms with Crippen LogP contribution in [0.1, 0.15) is 17.7 Å². The summed E-state index contributed by atoms with van der Waals surface area (Å²) in [5.41, 5.74) is 11.5. The summed E-state index contributed by atoms with van der Waals surface area (Å²) in [6.07, 6.45) is 3.33. The first-order chi connectivity index (χ1) is 12.1. The SMILES string of the molecule is CC(S)c1ccc(-c2cnc(N)c(-c3ccc4nncn4n3)c2)cc1. The van der Waals surface area contributed by atoms with E-state index < -0.39 is 0 Å². The zero-order valence-corrected chi connectivity index (χ0v) is 14.4. The monoisotopic (exact) mass is 348 g/mol. The molecule has 25 heavy (non-hydrogen) atoms. The molecule has 0 spiro atoms. The highest BCUT2D eigenvalue weighted by atomic mass is 32.1. The average Bonchev–Trinajstić information content (AvgIpc) is 3.10. The summed E-state index contributed by atoms with van der Waals surface area (Å²) in [6, 6.07) is 14.0. The van der Waals surface area contributed by atoms with E-state index in [1.54, 1.807) is 17.0 Å². The summed E-state index contributed by atoms with van der Waals surface area (Å²) in [5.74, 6) is 0.435. The lowest BCUT2D eigenvalue weighted by Gasteiger charge is -2.09. The molecule has 0 saturated carbocycles. The smallest absolute Gasteiger partial charge is 0.177 e. The lowest BCUT2D eigenvalue weighted by molar-refractivity contribution is 0.932. The van der Waals surface area contributed by atoms with Gasteiger partial charge in [0.05, 0.1) is 5.69 Å². The Bertz CT molecular complexity index is 1040. The van der Waals surface area contributed by atoms with Gasteiger partial charge in [0, 0.05) is 22.6 Å². The number of thiol groups is 1. The number of nitrogens with two attached hydrogens (primary N) is 1. The van der Waals surface area contributed by atoms with Crippen LogP contribution in [0.4, 0.5) is 5.82 Å². The fourth-order valence-electron chi connectivity index (χ4n) is 2.66. The van der Waals surface area contributed by atoms with Crippen LogP contribution in [0.3, 0.4) is 0 Å². The molecule has 0 fully saturated rings. The van der Waals surface area contributed by atoms with Crippen molar-refractivity contribution in [3.05, 3.63) is 60.6 Å². The molecule has 0 saturated heterocycles. The Kier molecular flexibility index (Phi) is 3.85. The van der Waals surface area contributed by atoms with Gasteiger partial charge in [0.25, 0.3) is 0 Å². The van der Waals surface area contributed by atoms with Crippen LogP contribution in [0.25, 0.3) is 28.0 Å². The number of hydrogen-bond donors (Lipinski definition) is 2. The highest BCUT2D eigenvalue weighted by Crippen LogP contribution is 2.29. The molecule has 3 heterocycles. The first-order valence-electron chi connectivity index (χ1n) is 7.83. The molecule has 6 nitrogen and oxygen atoms in total. The van der Waals surface area contributed by atoms with E-state index in [-0.39, 0.29) is 5.25 Å². The van der Waals surface area contributed by atoms with E-state index in [1.165, 1.54) is 5.56 Å². The van der Waals surface area contributed by atoms with Gasteiger partial charge in [-0.05, 0) is 36.2 Å². The zero-order valence-electron chi connectivity index (χ0n) is 13.5. The molecule has 1 atom stereocenters. The Labute approximate surface area is 150 Å². The van der Waals surface area contributed by atoms with Crippen LogP contribution in [0.5, 0.6) is 0 Å². The van der Waals surface area contributed by atoms with Crippen LogP contribution >= 0.6 is 12.6 Å². The van der Waals surface area contributed by atoms with Crippen LogP contribution in [-0.2, 0) is 0 Å². The van der Waals surface area contributed by atoms with Gasteiger partial charge >= 0.3 is 0 Å². The lowest BCUT2D eigenvalue weighted by atomic mass is 10.0. The number of fused-ring (bicyclic) bond motifs is 1. The maximum atomic E-state index is 6.08. The lowest BCUT2D eigenvalue weighted by Crippen LogP contribution is -1.99. The van der Waals surface area contributed by atoms with Crippen molar-refractivity contribution < 1.29 is 0 Å². The van der Waals surface area contributed by atoms with E-state index in [2.05, 4.69) is 57.2 Å². The van der Waals surface area contributed by atoms with Crippen molar-refractivity contribution in [3.8, 4) is 22.4 Å². The predicted octanol–water partition coefficient (Wildman–Crippen LogP) is 3.43. The van der Waals surface area contributed by atoms with Crippen LogP contribution in [-0.4, -0.2) is 24.8 Å². The maximum absolute atomic E-state index is 6.08. The molecule has 2 N–H and O–H groups in total. The maximum Gasteiger partial charge on any atom is 0.177 e. The highest BCUT2D eigenvalue weighted by Gasteiger charge is 2.10. The van der Waals surface area contributed by atoms with Crippen LogP contribution in [0.2, 0.25) is 0 Å². The van der Waals surface area contributed by atoms with Crippen LogP contribution < -0.4 is 5.73 Å². The van der Waals surface area contributed by atoms with Crippen LogP contribution in [0.15, 0.2) is 55.0 Å². The van der Waals surface area contributed by atoms with Crippen molar-refractivity contribution in [2.75, 3.05) is 5.73 Å². The van der Waals surface area contributed by atoms with Crippen molar-refractivity contribution in [2.24, 2.45) is 0 Å².